The van der Waals surface area contributed by atoms with Crippen LogP contribution in [0.3, 0.4) is 0 Å². The maximum Gasteiger partial charge on any atom is 0.281 e. The Balaban J connectivity index is 1.56. The number of fused-ring (bicyclic) bond motifs is 1. The van der Waals surface area contributed by atoms with E-state index in [1.165, 1.54) is 27.4 Å². The first-order chi connectivity index (χ1) is 10.2. The molecule has 1 unspecified atom stereocenters. The van der Waals surface area contributed by atoms with E-state index in [0.29, 0.717) is 11.7 Å². The van der Waals surface area contributed by atoms with E-state index in [9.17, 15) is 4.79 Å². The van der Waals surface area contributed by atoms with Crippen molar-refractivity contribution in [3.63, 3.8) is 0 Å². The molecule has 0 fully saturated rings. The van der Waals surface area contributed by atoms with Crippen molar-refractivity contribution >= 4 is 22.4 Å². The van der Waals surface area contributed by atoms with Crippen LogP contribution in [0.4, 0.5) is 5.13 Å². The van der Waals surface area contributed by atoms with E-state index in [4.69, 9.17) is 0 Å². The standard InChI is InChI=1S/C15H18N4OS/c1-2-14-17-18-15(21-14)16-13(20)10-19-8-7-11-5-3-4-6-12(11)9-19/h3-6H,2,7-10H2,1H3,(H,16,18,20)/p+1. The van der Waals surface area contributed by atoms with Crippen molar-refractivity contribution in [3.8, 4) is 0 Å². The minimum Gasteiger partial charge on any atom is -0.323 e. The molecule has 2 N–H and O–H groups in total. The lowest BCUT2D eigenvalue weighted by atomic mass is 10.00. The second kappa shape index (κ2) is 6.32. The molecule has 0 spiro atoms. The normalized spacial score (nSPS) is 17.3. The fourth-order valence-electron chi connectivity index (χ4n) is 2.63. The molecule has 0 aliphatic carbocycles. The molecular weight excluding hydrogens is 284 g/mol. The first-order valence-electron chi connectivity index (χ1n) is 7.27. The lowest BCUT2D eigenvalue weighted by Crippen LogP contribution is -3.12. The molecule has 1 aromatic heterocycles. The van der Waals surface area contributed by atoms with Crippen LogP contribution in [0.15, 0.2) is 24.3 Å². The van der Waals surface area contributed by atoms with Crippen LogP contribution < -0.4 is 10.2 Å². The van der Waals surface area contributed by atoms with Gasteiger partial charge in [0.25, 0.3) is 5.91 Å². The van der Waals surface area contributed by atoms with Gasteiger partial charge in [0.2, 0.25) is 5.13 Å². The van der Waals surface area contributed by atoms with Crippen molar-refractivity contribution < 1.29 is 9.69 Å². The number of rotatable bonds is 4. The number of nitrogens with zero attached hydrogens (tertiary/aromatic N) is 2. The number of hydrogen-bond donors (Lipinski definition) is 2. The van der Waals surface area contributed by atoms with Gasteiger partial charge in [-0.15, -0.1) is 10.2 Å². The van der Waals surface area contributed by atoms with Crippen LogP contribution in [-0.2, 0) is 24.2 Å². The third-order valence-corrected chi connectivity index (χ3v) is 4.72. The molecule has 2 aromatic rings. The van der Waals surface area contributed by atoms with Gasteiger partial charge in [0, 0.05) is 12.0 Å². The Morgan fingerprint density at radius 1 is 1.33 bits per heavy atom. The summed E-state index contributed by atoms with van der Waals surface area (Å²) in [7, 11) is 0. The summed E-state index contributed by atoms with van der Waals surface area (Å²) in [5.41, 5.74) is 2.77. The molecule has 1 amide bonds. The Morgan fingerprint density at radius 2 is 2.14 bits per heavy atom. The fourth-order valence-corrected chi connectivity index (χ4v) is 3.33. The molecule has 21 heavy (non-hydrogen) atoms. The molecule has 0 saturated heterocycles. The van der Waals surface area contributed by atoms with E-state index in [2.05, 4.69) is 39.8 Å². The van der Waals surface area contributed by atoms with Crippen molar-refractivity contribution in [1.82, 2.24) is 10.2 Å². The second-order valence-electron chi connectivity index (χ2n) is 5.27. The van der Waals surface area contributed by atoms with Gasteiger partial charge in [0.15, 0.2) is 6.54 Å². The van der Waals surface area contributed by atoms with Gasteiger partial charge >= 0.3 is 0 Å². The molecular formula is C15H19N4OS+. The summed E-state index contributed by atoms with van der Waals surface area (Å²) >= 11 is 1.45. The first kappa shape index (κ1) is 14.2. The van der Waals surface area contributed by atoms with Crippen molar-refractivity contribution in [3.05, 3.63) is 40.4 Å². The zero-order valence-corrected chi connectivity index (χ0v) is 12.9. The maximum atomic E-state index is 12.1. The zero-order chi connectivity index (χ0) is 14.7. The van der Waals surface area contributed by atoms with Crippen LogP contribution in [0.2, 0.25) is 0 Å². The highest BCUT2D eigenvalue weighted by Crippen LogP contribution is 2.15. The maximum absolute atomic E-state index is 12.1. The largest absolute Gasteiger partial charge is 0.323 e. The third kappa shape index (κ3) is 3.46. The molecule has 0 saturated carbocycles. The summed E-state index contributed by atoms with van der Waals surface area (Å²) < 4.78 is 0. The average Bonchev–Trinajstić information content (AvgIpc) is 2.94. The molecule has 110 valence electrons. The number of carbonyl (C=O) groups is 1. The van der Waals surface area contributed by atoms with E-state index in [1.807, 2.05) is 6.92 Å². The lowest BCUT2D eigenvalue weighted by molar-refractivity contribution is -0.907. The Morgan fingerprint density at radius 3 is 2.90 bits per heavy atom. The predicted octanol–water partition coefficient (Wildman–Crippen LogP) is 0.680. The summed E-state index contributed by atoms with van der Waals surface area (Å²) in [6.07, 6.45) is 1.89. The SMILES string of the molecule is CCc1nnc(NC(=O)C[NH+]2CCc3ccccc3C2)s1. The molecule has 0 radical (unpaired) electrons. The number of amides is 1. The molecule has 1 aromatic carbocycles. The summed E-state index contributed by atoms with van der Waals surface area (Å²) in [6.45, 7) is 4.43. The quantitative estimate of drug-likeness (QED) is 0.873. The molecule has 3 rings (SSSR count). The summed E-state index contributed by atoms with van der Waals surface area (Å²) in [5.74, 6) is 0.0168. The number of aromatic nitrogens is 2. The molecule has 1 aliphatic heterocycles. The van der Waals surface area contributed by atoms with Crippen LogP contribution in [-0.4, -0.2) is 29.2 Å². The van der Waals surface area contributed by atoms with E-state index in [0.717, 1.165) is 30.9 Å². The molecule has 5 nitrogen and oxygen atoms in total. The zero-order valence-electron chi connectivity index (χ0n) is 12.1. The number of aryl methyl sites for hydroxylation is 1. The van der Waals surface area contributed by atoms with Gasteiger partial charge in [-0.1, -0.05) is 42.5 Å². The predicted molar refractivity (Wildman–Crippen MR) is 82.5 cm³/mol. The van der Waals surface area contributed by atoms with Gasteiger partial charge in [-0.05, 0) is 12.0 Å². The van der Waals surface area contributed by atoms with E-state index >= 15 is 0 Å². The average molecular weight is 303 g/mol. The summed E-state index contributed by atoms with van der Waals surface area (Å²) in [4.78, 5) is 13.4. The van der Waals surface area contributed by atoms with Gasteiger partial charge in [-0.3, -0.25) is 10.1 Å². The van der Waals surface area contributed by atoms with Crippen molar-refractivity contribution in [2.75, 3.05) is 18.4 Å². The molecule has 2 heterocycles. The highest BCUT2D eigenvalue weighted by Gasteiger charge is 2.21. The number of nitrogens with one attached hydrogen (secondary N) is 2. The van der Waals surface area contributed by atoms with Crippen LogP contribution >= 0.6 is 11.3 Å². The van der Waals surface area contributed by atoms with E-state index in [-0.39, 0.29) is 5.91 Å². The molecule has 1 atom stereocenters. The minimum absolute atomic E-state index is 0.0168. The Kier molecular flexibility index (Phi) is 4.26. The van der Waals surface area contributed by atoms with Crippen LogP contribution in [0, 0.1) is 0 Å². The van der Waals surface area contributed by atoms with Gasteiger partial charge in [0.05, 0.1) is 6.54 Å². The Bertz CT molecular complexity index is 640. The smallest absolute Gasteiger partial charge is 0.281 e. The Labute approximate surface area is 128 Å². The van der Waals surface area contributed by atoms with E-state index in [1.54, 1.807) is 0 Å². The first-order valence-corrected chi connectivity index (χ1v) is 8.09. The van der Waals surface area contributed by atoms with Crippen LogP contribution in [0.25, 0.3) is 0 Å². The number of quaternary nitrogens is 1. The van der Waals surface area contributed by atoms with E-state index < -0.39 is 0 Å². The highest BCUT2D eigenvalue weighted by molar-refractivity contribution is 7.15. The topological polar surface area (TPSA) is 59.3 Å². The second-order valence-corrected chi connectivity index (χ2v) is 6.34. The number of carbonyl (C=O) groups excluding carboxylic acids is 1. The van der Waals surface area contributed by atoms with Crippen molar-refractivity contribution in [2.24, 2.45) is 0 Å². The van der Waals surface area contributed by atoms with Crippen molar-refractivity contribution in [2.45, 2.75) is 26.3 Å². The fraction of sp³-hybridized carbons (Fsp3) is 0.400. The van der Waals surface area contributed by atoms with Gasteiger partial charge < -0.3 is 4.90 Å². The van der Waals surface area contributed by atoms with Crippen LogP contribution in [0.1, 0.15) is 23.1 Å². The summed E-state index contributed by atoms with van der Waals surface area (Å²) in [6, 6.07) is 8.48. The monoisotopic (exact) mass is 303 g/mol. The summed E-state index contributed by atoms with van der Waals surface area (Å²) in [5, 5.41) is 12.4. The third-order valence-electron chi connectivity index (χ3n) is 3.73. The lowest BCUT2D eigenvalue weighted by Gasteiger charge is -2.25. The van der Waals surface area contributed by atoms with Crippen molar-refractivity contribution in [1.29, 1.82) is 0 Å². The molecule has 0 bridgehead atoms. The number of benzene rings is 1. The van der Waals surface area contributed by atoms with Gasteiger partial charge in [-0.25, -0.2) is 0 Å². The van der Waals surface area contributed by atoms with Crippen LogP contribution in [0.5, 0.6) is 0 Å². The highest BCUT2D eigenvalue weighted by atomic mass is 32.1. The number of hydrogen-bond acceptors (Lipinski definition) is 4. The number of anilines is 1. The molecule has 1 aliphatic rings. The minimum atomic E-state index is 0.0168. The van der Waals surface area contributed by atoms with Gasteiger partial charge in [0.1, 0.15) is 11.6 Å². The Hall–Kier alpha value is -1.79. The molecule has 6 heteroatoms. The van der Waals surface area contributed by atoms with Gasteiger partial charge in [-0.2, -0.15) is 0 Å².